The SMILES string of the molecule is CN(C)/C=C\N(C=O)c1ccc(-c2cc(F)cc(-c3ccnc(C4CCCNC4)c3)c2O)cc1Cl. The van der Waals surface area contributed by atoms with Crippen molar-refractivity contribution in [3.05, 3.63) is 77.6 Å². The number of aromatic hydroxyl groups is 1. The Labute approximate surface area is 209 Å². The Balaban J connectivity index is 1.71. The van der Waals surface area contributed by atoms with Gasteiger partial charge in [0.1, 0.15) is 11.6 Å². The number of pyridine rings is 1. The third-order valence-electron chi connectivity index (χ3n) is 6.06. The van der Waals surface area contributed by atoms with Gasteiger partial charge in [-0.15, -0.1) is 0 Å². The van der Waals surface area contributed by atoms with Gasteiger partial charge in [-0.05, 0) is 66.9 Å². The third-order valence-corrected chi connectivity index (χ3v) is 6.36. The van der Waals surface area contributed by atoms with Crippen LogP contribution < -0.4 is 10.2 Å². The fourth-order valence-electron chi connectivity index (χ4n) is 4.24. The minimum atomic E-state index is -0.478. The van der Waals surface area contributed by atoms with Gasteiger partial charge >= 0.3 is 0 Å². The topological polar surface area (TPSA) is 68.7 Å². The molecule has 0 saturated carbocycles. The minimum absolute atomic E-state index is 0.0473. The van der Waals surface area contributed by atoms with E-state index in [-0.39, 0.29) is 11.7 Å². The molecule has 4 rings (SSSR count). The first kappa shape index (κ1) is 24.7. The molecule has 2 aromatic carbocycles. The van der Waals surface area contributed by atoms with Crippen molar-refractivity contribution in [1.29, 1.82) is 0 Å². The molecular weight excluding hydrogens is 467 g/mol. The number of hydrogen-bond donors (Lipinski definition) is 2. The molecule has 8 heteroatoms. The number of halogens is 2. The number of phenols is 1. The van der Waals surface area contributed by atoms with Gasteiger partial charge in [0.15, 0.2) is 0 Å². The van der Waals surface area contributed by atoms with Crippen LogP contribution in [-0.2, 0) is 4.79 Å². The zero-order chi connectivity index (χ0) is 24.9. The van der Waals surface area contributed by atoms with Gasteiger partial charge in [0, 0.05) is 62.0 Å². The molecule has 0 bridgehead atoms. The summed E-state index contributed by atoms with van der Waals surface area (Å²) >= 11 is 6.49. The molecule has 2 N–H and O–H groups in total. The fraction of sp³-hybridized carbons (Fsp3) is 0.259. The summed E-state index contributed by atoms with van der Waals surface area (Å²) in [5.41, 5.74) is 3.32. The van der Waals surface area contributed by atoms with Crippen LogP contribution in [-0.4, -0.2) is 48.6 Å². The summed E-state index contributed by atoms with van der Waals surface area (Å²) < 4.78 is 14.7. The molecule has 6 nitrogen and oxygen atoms in total. The molecule has 1 unspecified atom stereocenters. The van der Waals surface area contributed by atoms with Gasteiger partial charge in [-0.2, -0.15) is 0 Å². The summed E-state index contributed by atoms with van der Waals surface area (Å²) in [4.78, 5) is 19.2. The van der Waals surface area contributed by atoms with Crippen LogP contribution in [0.1, 0.15) is 24.5 Å². The van der Waals surface area contributed by atoms with E-state index in [1.165, 1.54) is 17.0 Å². The number of phenolic OH excluding ortho intramolecular Hbond substituents is 1. The quantitative estimate of drug-likeness (QED) is 0.432. The van der Waals surface area contributed by atoms with Gasteiger partial charge in [0.25, 0.3) is 0 Å². The van der Waals surface area contributed by atoms with E-state index in [0.29, 0.717) is 39.4 Å². The smallest absolute Gasteiger partial charge is 0.218 e. The van der Waals surface area contributed by atoms with E-state index in [9.17, 15) is 14.3 Å². The van der Waals surface area contributed by atoms with Crippen molar-refractivity contribution in [2.75, 3.05) is 32.1 Å². The summed E-state index contributed by atoms with van der Waals surface area (Å²) in [6, 6.07) is 11.3. The largest absolute Gasteiger partial charge is 0.507 e. The molecule has 3 aromatic rings. The lowest BCUT2D eigenvalue weighted by molar-refractivity contribution is -0.106. The van der Waals surface area contributed by atoms with Crippen molar-refractivity contribution in [3.8, 4) is 28.0 Å². The molecule has 0 aliphatic carbocycles. The Bertz CT molecular complexity index is 1240. The zero-order valence-electron chi connectivity index (χ0n) is 19.7. The van der Waals surface area contributed by atoms with Crippen LogP contribution >= 0.6 is 11.6 Å². The molecule has 0 spiro atoms. The van der Waals surface area contributed by atoms with Crippen LogP contribution in [0.3, 0.4) is 0 Å². The van der Waals surface area contributed by atoms with Crippen molar-refractivity contribution in [2.24, 2.45) is 0 Å². The lowest BCUT2D eigenvalue weighted by Crippen LogP contribution is -2.28. The zero-order valence-corrected chi connectivity index (χ0v) is 20.5. The van der Waals surface area contributed by atoms with Crippen molar-refractivity contribution in [2.45, 2.75) is 18.8 Å². The predicted molar refractivity (Wildman–Crippen MR) is 138 cm³/mol. The highest BCUT2D eigenvalue weighted by molar-refractivity contribution is 6.34. The van der Waals surface area contributed by atoms with Gasteiger partial charge in [0.2, 0.25) is 6.41 Å². The molecule has 0 radical (unpaired) electrons. The average Bonchev–Trinajstić information content (AvgIpc) is 2.86. The highest BCUT2D eigenvalue weighted by atomic mass is 35.5. The lowest BCUT2D eigenvalue weighted by atomic mass is 9.92. The van der Waals surface area contributed by atoms with E-state index >= 15 is 0 Å². The van der Waals surface area contributed by atoms with Crippen LogP contribution in [0.4, 0.5) is 10.1 Å². The molecular formula is C27H28ClFN4O2. The highest BCUT2D eigenvalue weighted by Gasteiger charge is 2.19. The second kappa shape index (κ2) is 10.9. The van der Waals surface area contributed by atoms with Crippen LogP contribution in [0.25, 0.3) is 22.3 Å². The molecule has 1 aromatic heterocycles. The second-order valence-electron chi connectivity index (χ2n) is 8.80. The Morgan fingerprint density at radius 1 is 1.11 bits per heavy atom. The van der Waals surface area contributed by atoms with Gasteiger partial charge in [-0.1, -0.05) is 17.7 Å². The van der Waals surface area contributed by atoms with Crippen molar-refractivity contribution in [1.82, 2.24) is 15.2 Å². The van der Waals surface area contributed by atoms with E-state index in [1.54, 1.807) is 47.8 Å². The summed E-state index contributed by atoms with van der Waals surface area (Å²) in [5, 5.41) is 14.8. The van der Waals surface area contributed by atoms with E-state index in [4.69, 9.17) is 11.6 Å². The Morgan fingerprint density at radius 3 is 2.49 bits per heavy atom. The highest BCUT2D eigenvalue weighted by Crippen LogP contribution is 2.41. The molecule has 2 heterocycles. The number of piperidine rings is 1. The molecule has 1 saturated heterocycles. The van der Waals surface area contributed by atoms with E-state index < -0.39 is 5.82 Å². The van der Waals surface area contributed by atoms with E-state index in [0.717, 1.165) is 31.6 Å². The number of rotatable bonds is 7. The van der Waals surface area contributed by atoms with Crippen molar-refractivity contribution < 1.29 is 14.3 Å². The summed E-state index contributed by atoms with van der Waals surface area (Å²) in [6.45, 7) is 1.85. The molecule has 1 fully saturated rings. The maximum absolute atomic E-state index is 14.7. The monoisotopic (exact) mass is 494 g/mol. The van der Waals surface area contributed by atoms with E-state index in [1.807, 2.05) is 20.2 Å². The first-order valence-corrected chi connectivity index (χ1v) is 11.8. The maximum Gasteiger partial charge on any atom is 0.218 e. The number of carbonyl (C=O) groups excluding carboxylic acids is 1. The normalized spacial score (nSPS) is 15.8. The maximum atomic E-state index is 14.7. The number of aromatic nitrogens is 1. The van der Waals surface area contributed by atoms with Crippen LogP contribution in [0.2, 0.25) is 5.02 Å². The number of carbonyl (C=O) groups is 1. The first-order chi connectivity index (χ1) is 16.9. The molecule has 1 amide bonds. The van der Waals surface area contributed by atoms with Gasteiger partial charge < -0.3 is 15.3 Å². The number of anilines is 1. The van der Waals surface area contributed by atoms with Gasteiger partial charge in [0.05, 0.1) is 10.7 Å². The van der Waals surface area contributed by atoms with Gasteiger partial charge in [-0.25, -0.2) is 4.39 Å². The van der Waals surface area contributed by atoms with Crippen LogP contribution in [0.15, 0.2) is 61.1 Å². The number of nitrogens with zero attached hydrogens (tertiary/aromatic N) is 3. The molecule has 1 atom stereocenters. The fourth-order valence-corrected chi connectivity index (χ4v) is 4.52. The van der Waals surface area contributed by atoms with Crippen LogP contribution in [0.5, 0.6) is 5.75 Å². The van der Waals surface area contributed by atoms with Crippen molar-refractivity contribution in [3.63, 3.8) is 0 Å². The summed E-state index contributed by atoms with van der Waals surface area (Å²) in [7, 11) is 3.68. The first-order valence-electron chi connectivity index (χ1n) is 11.4. The standard InChI is InChI=1S/C27H28ClFN4O2/c1-32(2)10-11-33(17-34)26-6-5-18(12-24(26)28)22-14-21(29)15-23(27(22)35)19-7-9-31-25(13-19)20-4-3-8-30-16-20/h5-7,9-15,17,20,30,35H,3-4,8,16H2,1-2H3/b11-10-. The third kappa shape index (κ3) is 5.63. The lowest BCUT2D eigenvalue weighted by Gasteiger charge is -2.22. The van der Waals surface area contributed by atoms with E-state index in [2.05, 4.69) is 10.3 Å². The summed E-state index contributed by atoms with van der Waals surface area (Å²) in [5.74, 6) is -0.240. The number of amides is 1. The number of hydrogen-bond acceptors (Lipinski definition) is 5. The Hall–Kier alpha value is -3.42. The molecule has 35 heavy (non-hydrogen) atoms. The van der Waals surface area contributed by atoms with Gasteiger partial charge in [-0.3, -0.25) is 14.7 Å². The van der Waals surface area contributed by atoms with Crippen LogP contribution in [0, 0.1) is 5.82 Å². The molecule has 1 aliphatic heterocycles. The predicted octanol–water partition coefficient (Wildman–Crippen LogP) is 5.38. The number of nitrogens with one attached hydrogen (secondary N) is 1. The Morgan fingerprint density at radius 2 is 1.86 bits per heavy atom. The number of benzene rings is 2. The minimum Gasteiger partial charge on any atom is -0.507 e. The molecule has 182 valence electrons. The Kier molecular flexibility index (Phi) is 7.68. The average molecular weight is 495 g/mol. The second-order valence-corrected chi connectivity index (χ2v) is 9.21. The molecule has 1 aliphatic rings. The van der Waals surface area contributed by atoms with Crippen molar-refractivity contribution >= 4 is 23.7 Å². The summed E-state index contributed by atoms with van der Waals surface area (Å²) in [6.07, 6.45) is 7.78.